The molecule has 47 valence electrons. The molecule has 0 unspecified atom stereocenters. The van der Waals surface area contributed by atoms with E-state index in [9.17, 15) is 9.59 Å². The number of hydrogen-bond donors (Lipinski definition) is 0. The highest BCUT2D eigenvalue weighted by Gasteiger charge is 1.89. The normalized spacial score (nSPS) is 10.6. The molecule has 0 fully saturated rings. The first-order chi connectivity index (χ1) is 4.20. The Morgan fingerprint density at radius 1 is 1.67 bits per heavy atom. The summed E-state index contributed by atoms with van der Waals surface area (Å²) in [7, 11) is 0. The molecule has 0 aromatic carbocycles. The fraction of sp³-hybridized carbons (Fsp3) is 0.143. The summed E-state index contributed by atoms with van der Waals surface area (Å²) in [4.78, 5) is 20.2. The van der Waals surface area contributed by atoms with Crippen molar-refractivity contribution < 1.29 is 9.59 Å². The molecule has 0 bridgehead atoms. The molecule has 0 saturated heterocycles. The molecule has 1 radical (unpaired) electrons. The van der Waals surface area contributed by atoms with Crippen molar-refractivity contribution >= 4 is 12.1 Å². The van der Waals surface area contributed by atoms with Gasteiger partial charge in [-0.2, -0.15) is 0 Å². The lowest BCUT2D eigenvalue weighted by Gasteiger charge is -1.80. The van der Waals surface area contributed by atoms with Crippen molar-refractivity contribution in [2.45, 2.75) is 6.92 Å². The van der Waals surface area contributed by atoms with Crippen LogP contribution in [0, 0.1) is 0 Å². The van der Waals surface area contributed by atoms with E-state index < -0.39 is 0 Å². The molecule has 0 aromatic rings. The van der Waals surface area contributed by atoms with Gasteiger partial charge in [0.2, 0.25) is 6.29 Å². The Kier molecular flexibility index (Phi) is 3.28. The van der Waals surface area contributed by atoms with Gasteiger partial charge in [-0.15, -0.1) is 0 Å². The molecule has 9 heavy (non-hydrogen) atoms. The summed E-state index contributed by atoms with van der Waals surface area (Å²) < 4.78 is 0. The van der Waals surface area contributed by atoms with Gasteiger partial charge in [-0.05, 0) is 19.1 Å². The summed E-state index contributed by atoms with van der Waals surface area (Å²) in [5, 5.41) is 0. The van der Waals surface area contributed by atoms with Crippen molar-refractivity contribution in [3.05, 3.63) is 24.3 Å². The molecule has 2 nitrogen and oxygen atoms in total. The van der Waals surface area contributed by atoms with Crippen molar-refractivity contribution in [1.29, 1.82) is 0 Å². The number of carbonyl (C=O) groups is 1. The lowest BCUT2D eigenvalue weighted by Crippen LogP contribution is -1.87. The lowest BCUT2D eigenvalue weighted by molar-refractivity contribution is -0.110. The number of rotatable bonds is 3. The van der Waals surface area contributed by atoms with Gasteiger partial charge >= 0.3 is 0 Å². The van der Waals surface area contributed by atoms with Crippen LogP contribution in [0.4, 0.5) is 0 Å². The minimum absolute atomic E-state index is 0.268. The minimum atomic E-state index is -0.268. The smallest absolute Gasteiger partial charge is 0.229 e. The molecule has 0 aliphatic carbocycles. The van der Waals surface area contributed by atoms with E-state index in [-0.39, 0.29) is 5.78 Å². The van der Waals surface area contributed by atoms with E-state index in [0.717, 1.165) is 6.08 Å². The monoisotopic (exact) mass is 123 g/mol. The molecular formula is C7H7O2. The van der Waals surface area contributed by atoms with E-state index in [1.54, 1.807) is 6.29 Å². The molecule has 0 N–H and O–H groups in total. The summed E-state index contributed by atoms with van der Waals surface area (Å²) in [6, 6.07) is 0. The molecule has 0 aliphatic rings. The predicted octanol–water partition coefficient (Wildman–Crippen LogP) is 0.797. The SMILES string of the molecule is C=CC(=O)C=C(C)[C]=O. The van der Waals surface area contributed by atoms with Gasteiger partial charge in [-0.25, -0.2) is 0 Å². The molecule has 0 heterocycles. The zero-order chi connectivity index (χ0) is 7.28. The van der Waals surface area contributed by atoms with Crippen LogP contribution in [0.15, 0.2) is 24.3 Å². The maximum absolute atomic E-state index is 10.4. The molecule has 0 aliphatic heterocycles. The van der Waals surface area contributed by atoms with Crippen molar-refractivity contribution in [1.82, 2.24) is 0 Å². The largest absolute Gasteiger partial charge is 0.290 e. The van der Waals surface area contributed by atoms with Crippen molar-refractivity contribution in [2.75, 3.05) is 0 Å². The third-order valence-corrected chi connectivity index (χ3v) is 0.721. The topological polar surface area (TPSA) is 34.1 Å². The van der Waals surface area contributed by atoms with E-state index in [0.29, 0.717) is 5.57 Å². The first kappa shape index (κ1) is 7.82. The molecule has 0 spiro atoms. The number of allylic oxidation sites excluding steroid dienone is 3. The predicted molar refractivity (Wildman–Crippen MR) is 34.7 cm³/mol. The Labute approximate surface area is 53.9 Å². The van der Waals surface area contributed by atoms with Gasteiger partial charge in [0.1, 0.15) is 0 Å². The Bertz CT molecular complexity index is 166. The summed E-state index contributed by atoms with van der Waals surface area (Å²) in [5.41, 5.74) is 0.292. The van der Waals surface area contributed by atoms with Gasteiger partial charge in [0.05, 0.1) is 0 Å². The van der Waals surface area contributed by atoms with Crippen LogP contribution in [0.2, 0.25) is 0 Å². The zero-order valence-electron chi connectivity index (χ0n) is 5.18. The molecule has 2 heteroatoms. The fourth-order valence-corrected chi connectivity index (χ4v) is 0.302. The molecule has 0 saturated carbocycles. The van der Waals surface area contributed by atoms with Crippen LogP contribution in [0.25, 0.3) is 0 Å². The maximum Gasteiger partial charge on any atom is 0.229 e. The van der Waals surface area contributed by atoms with E-state index in [2.05, 4.69) is 6.58 Å². The molecule has 0 aromatic heterocycles. The van der Waals surface area contributed by atoms with Gasteiger partial charge in [0.25, 0.3) is 0 Å². The zero-order valence-corrected chi connectivity index (χ0v) is 5.18. The number of ketones is 1. The maximum atomic E-state index is 10.4. The number of carbonyl (C=O) groups excluding carboxylic acids is 2. The van der Waals surface area contributed by atoms with Gasteiger partial charge in [-0.1, -0.05) is 6.58 Å². The Morgan fingerprint density at radius 2 is 2.22 bits per heavy atom. The van der Waals surface area contributed by atoms with Crippen LogP contribution in [-0.2, 0) is 9.59 Å². The standard InChI is InChI=1S/C7H7O2/c1-3-7(9)4-6(2)5-8/h3-4H,1H2,2H3. The highest BCUT2D eigenvalue weighted by molar-refractivity contribution is 6.01. The van der Waals surface area contributed by atoms with Crippen LogP contribution < -0.4 is 0 Å². The van der Waals surface area contributed by atoms with Crippen LogP contribution in [0.3, 0.4) is 0 Å². The average molecular weight is 123 g/mol. The van der Waals surface area contributed by atoms with Crippen molar-refractivity contribution in [3.8, 4) is 0 Å². The lowest BCUT2D eigenvalue weighted by atomic mass is 10.2. The highest BCUT2D eigenvalue weighted by Crippen LogP contribution is 1.86. The first-order valence-electron chi connectivity index (χ1n) is 2.43. The molecular weight excluding hydrogens is 116 g/mol. The molecule has 0 amide bonds. The Balaban J connectivity index is 4.10. The van der Waals surface area contributed by atoms with Crippen molar-refractivity contribution in [2.24, 2.45) is 0 Å². The fourth-order valence-electron chi connectivity index (χ4n) is 0.302. The summed E-state index contributed by atoms with van der Waals surface area (Å²) >= 11 is 0. The van der Waals surface area contributed by atoms with Crippen LogP contribution in [0.5, 0.6) is 0 Å². The Hall–Kier alpha value is -1.18. The minimum Gasteiger partial charge on any atom is -0.290 e. The second-order valence-electron chi connectivity index (χ2n) is 1.54. The third-order valence-electron chi connectivity index (χ3n) is 0.721. The summed E-state index contributed by atoms with van der Waals surface area (Å²) in [6.07, 6.45) is 3.89. The van der Waals surface area contributed by atoms with Crippen LogP contribution in [-0.4, -0.2) is 12.1 Å². The second kappa shape index (κ2) is 3.78. The van der Waals surface area contributed by atoms with Crippen LogP contribution in [0.1, 0.15) is 6.92 Å². The van der Waals surface area contributed by atoms with E-state index >= 15 is 0 Å². The van der Waals surface area contributed by atoms with Crippen LogP contribution >= 0.6 is 0 Å². The molecule has 0 rings (SSSR count). The van der Waals surface area contributed by atoms with Gasteiger partial charge in [-0.3, -0.25) is 9.59 Å². The first-order valence-corrected chi connectivity index (χ1v) is 2.43. The Morgan fingerprint density at radius 3 is 2.56 bits per heavy atom. The van der Waals surface area contributed by atoms with Gasteiger partial charge in [0, 0.05) is 5.57 Å². The van der Waals surface area contributed by atoms with Crippen molar-refractivity contribution in [3.63, 3.8) is 0 Å². The average Bonchev–Trinajstić information content (AvgIpc) is 1.87. The summed E-state index contributed by atoms with van der Waals surface area (Å²) in [5.74, 6) is -0.268. The van der Waals surface area contributed by atoms with E-state index in [1.165, 1.54) is 13.0 Å². The second-order valence-corrected chi connectivity index (χ2v) is 1.54. The van der Waals surface area contributed by atoms with E-state index in [1.807, 2.05) is 0 Å². The summed E-state index contributed by atoms with van der Waals surface area (Å²) in [6.45, 7) is 4.73. The quantitative estimate of drug-likeness (QED) is 0.520. The third kappa shape index (κ3) is 3.41. The molecule has 0 atom stereocenters. The van der Waals surface area contributed by atoms with Gasteiger partial charge in [0.15, 0.2) is 5.78 Å². The van der Waals surface area contributed by atoms with E-state index in [4.69, 9.17) is 0 Å². The highest BCUT2D eigenvalue weighted by atomic mass is 16.1. The number of hydrogen-bond acceptors (Lipinski definition) is 2. The van der Waals surface area contributed by atoms with Gasteiger partial charge < -0.3 is 0 Å².